The van der Waals surface area contributed by atoms with Gasteiger partial charge in [-0.3, -0.25) is 0 Å². The molecule has 152 valence electrons. The molecule has 9 heteroatoms. The van der Waals surface area contributed by atoms with Crippen LogP contribution in [0.4, 0.5) is 4.39 Å². The van der Waals surface area contributed by atoms with Gasteiger partial charge < -0.3 is 9.26 Å². The second-order valence-electron chi connectivity index (χ2n) is 6.81. The Labute approximate surface area is 168 Å². The fraction of sp³-hybridized carbons (Fsp3) is 0.300. The van der Waals surface area contributed by atoms with Crippen LogP contribution in [0.1, 0.15) is 23.2 Å². The first-order chi connectivity index (χ1) is 14.0. The third-order valence-electron chi connectivity index (χ3n) is 4.70. The van der Waals surface area contributed by atoms with E-state index >= 15 is 0 Å². The molecule has 1 aliphatic rings. The molecular formula is C20H20FN3O4S. The minimum atomic E-state index is -3.72. The molecule has 2 heterocycles. The number of benzene rings is 2. The number of rotatable bonds is 8. The first kappa shape index (κ1) is 19.7. The maximum Gasteiger partial charge on any atom is 0.243 e. The second-order valence-corrected chi connectivity index (χ2v) is 8.75. The van der Waals surface area contributed by atoms with Crippen molar-refractivity contribution in [3.8, 4) is 0 Å². The van der Waals surface area contributed by atoms with Crippen LogP contribution in [0.25, 0.3) is 0 Å². The van der Waals surface area contributed by atoms with E-state index in [4.69, 9.17) is 9.26 Å². The van der Waals surface area contributed by atoms with Gasteiger partial charge in [-0.15, -0.1) is 0 Å². The Morgan fingerprint density at radius 1 is 1.14 bits per heavy atom. The Hall–Kier alpha value is -2.62. The summed E-state index contributed by atoms with van der Waals surface area (Å²) in [5.41, 5.74) is 1.09. The molecule has 0 saturated carbocycles. The van der Waals surface area contributed by atoms with Gasteiger partial charge in [0.1, 0.15) is 5.82 Å². The second kappa shape index (κ2) is 8.40. The smallest absolute Gasteiger partial charge is 0.243 e. The molecule has 0 bridgehead atoms. The number of nitrogens with zero attached hydrogens (tertiary/aromatic N) is 3. The highest BCUT2D eigenvalue weighted by Gasteiger charge is 2.40. The predicted octanol–water partition coefficient (Wildman–Crippen LogP) is 2.76. The molecule has 0 amide bonds. The summed E-state index contributed by atoms with van der Waals surface area (Å²) in [5, 5.41) is 3.94. The van der Waals surface area contributed by atoms with Gasteiger partial charge in [0.25, 0.3) is 0 Å². The predicted molar refractivity (Wildman–Crippen MR) is 102 cm³/mol. The number of aromatic nitrogens is 2. The zero-order chi connectivity index (χ0) is 20.3. The minimum absolute atomic E-state index is 0.0577. The van der Waals surface area contributed by atoms with Gasteiger partial charge in [0.2, 0.25) is 15.9 Å². The van der Waals surface area contributed by atoms with Crippen LogP contribution in [-0.4, -0.2) is 42.6 Å². The summed E-state index contributed by atoms with van der Waals surface area (Å²) in [5.74, 6) is 0.192. The van der Waals surface area contributed by atoms with Crippen LogP contribution in [0.3, 0.4) is 0 Å². The molecule has 0 atom stereocenters. The van der Waals surface area contributed by atoms with Crippen molar-refractivity contribution in [2.45, 2.75) is 23.8 Å². The summed E-state index contributed by atoms with van der Waals surface area (Å²) >= 11 is 0. The van der Waals surface area contributed by atoms with Crippen molar-refractivity contribution >= 4 is 10.0 Å². The Morgan fingerprint density at radius 2 is 1.93 bits per heavy atom. The highest BCUT2D eigenvalue weighted by molar-refractivity contribution is 7.89. The maximum absolute atomic E-state index is 13.3. The minimum Gasteiger partial charge on any atom is -0.376 e. The monoisotopic (exact) mass is 417 g/mol. The third kappa shape index (κ3) is 4.52. The normalized spacial score (nSPS) is 15.3. The Balaban J connectivity index is 1.27. The van der Waals surface area contributed by atoms with Crippen LogP contribution in [-0.2, 0) is 27.8 Å². The molecule has 4 rings (SSSR count). The van der Waals surface area contributed by atoms with E-state index in [1.54, 1.807) is 0 Å². The first-order valence-corrected chi connectivity index (χ1v) is 10.7. The number of halogens is 1. The van der Waals surface area contributed by atoms with E-state index in [9.17, 15) is 12.8 Å². The highest BCUT2D eigenvalue weighted by atomic mass is 32.2. The first-order valence-electron chi connectivity index (χ1n) is 9.22. The molecule has 1 saturated heterocycles. The molecule has 7 nitrogen and oxygen atoms in total. The lowest BCUT2D eigenvalue weighted by atomic mass is 10.0. The zero-order valence-electron chi connectivity index (χ0n) is 15.6. The Bertz CT molecular complexity index is 1070. The van der Waals surface area contributed by atoms with Crippen LogP contribution in [0.2, 0.25) is 0 Å². The van der Waals surface area contributed by atoms with Crippen molar-refractivity contribution < 1.29 is 22.1 Å². The molecule has 0 unspecified atom stereocenters. The van der Waals surface area contributed by atoms with Crippen molar-refractivity contribution in [2.24, 2.45) is 0 Å². The van der Waals surface area contributed by atoms with Gasteiger partial charge in [-0.25, -0.2) is 12.8 Å². The largest absolute Gasteiger partial charge is 0.376 e. The third-order valence-corrected chi connectivity index (χ3v) is 6.52. The molecule has 29 heavy (non-hydrogen) atoms. The van der Waals surface area contributed by atoms with Crippen LogP contribution in [0, 0.1) is 5.82 Å². The summed E-state index contributed by atoms with van der Waals surface area (Å²) in [6.07, 6.45) is 0.508. The molecule has 0 radical (unpaired) electrons. The lowest BCUT2D eigenvalue weighted by Crippen LogP contribution is -2.48. The molecule has 1 aromatic heterocycles. The molecule has 0 aliphatic carbocycles. The molecule has 3 aromatic rings. The summed E-state index contributed by atoms with van der Waals surface area (Å²) in [7, 11) is -3.72. The lowest BCUT2D eigenvalue weighted by molar-refractivity contribution is 0.122. The molecular weight excluding hydrogens is 397 g/mol. The molecule has 1 fully saturated rings. The van der Waals surface area contributed by atoms with E-state index in [-0.39, 0.29) is 23.9 Å². The number of hydrogen-bond acceptors (Lipinski definition) is 6. The molecule has 0 spiro atoms. The standard InChI is InChI=1S/C20H20FN3O4S/c21-17-7-4-8-18(11-17)29(25,26)24-12-16(13-24)20-22-19(23-28-20)9-10-27-14-15-5-2-1-3-6-15/h1-8,11,16H,9-10,12-14H2. The van der Waals surface area contributed by atoms with E-state index in [2.05, 4.69) is 10.1 Å². The van der Waals surface area contributed by atoms with Crippen molar-refractivity contribution in [2.75, 3.05) is 19.7 Å². The van der Waals surface area contributed by atoms with Crippen molar-refractivity contribution in [3.05, 3.63) is 77.7 Å². The van der Waals surface area contributed by atoms with Gasteiger partial charge >= 0.3 is 0 Å². The van der Waals surface area contributed by atoms with Crippen LogP contribution in [0.15, 0.2) is 64.0 Å². The topological polar surface area (TPSA) is 85.5 Å². The fourth-order valence-corrected chi connectivity index (χ4v) is 4.59. The maximum atomic E-state index is 13.3. The van der Waals surface area contributed by atoms with Crippen molar-refractivity contribution in [1.29, 1.82) is 0 Å². The lowest BCUT2D eigenvalue weighted by Gasteiger charge is -2.35. The Morgan fingerprint density at radius 3 is 2.69 bits per heavy atom. The van der Waals surface area contributed by atoms with E-state index in [1.165, 1.54) is 22.5 Å². The van der Waals surface area contributed by atoms with Gasteiger partial charge in [-0.1, -0.05) is 41.6 Å². The quantitative estimate of drug-likeness (QED) is 0.524. The van der Waals surface area contributed by atoms with Gasteiger partial charge in [-0.05, 0) is 23.8 Å². The summed E-state index contributed by atoms with van der Waals surface area (Å²) < 4.78 is 50.5. The van der Waals surface area contributed by atoms with E-state index in [1.807, 2.05) is 30.3 Å². The van der Waals surface area contributed by atoms with Gasteiger partial charge in [0.05, 0.1) is 24.0 Å². The average molecular weight is 417 g/mol. The summed E-state index contributed by atoms with van der Waals surface area (Å²) in [4.78, 5) is 4.28. The van der Waals surface area contributed by atoms with E-state index in [0.29, 0.717) is 31.3 Å². The number of hydrogen-bond donors (Lipinski definition) is 0. The zero-order valence-corrected chi connectivity index (χ0v) is 16.4. The van der Waals surface area contributed by atoms with Crippen LogP contribution in [0.5, 0.6) is 0 Å². The molecule has 2 aromatic carbocycles. The summed E-state index contributed by atoms with van der Waals surface area (Å²) in [6, 6.07) is 14.8. The SMILES string of the molecule is O=S(=O)(c1cccc(F)c1)N1CC(c2nc(CCOCc3ccccc3)no2)C1. The fourth-order valence-electron chi connectivity index (χ4n) is 3.03. The summed E-state index contributed by atoms with van der Waals surface area (Å²) in [6.45, 7) is 1.43. The number of ether oxygens (including phenoxy) is 1. The van der Waals surface area contributed by atoms with Gasteiger partial charge in [-0.2, -0.15) is 9.29 Å². The molecule has 0 N–H and O–H groups in total. The number of sulfonamides is 1. The molecule has 1 aliphatic heterocycles. The highest BCUT2D eigenvalue weighted by Crippen LogP contribution is 2.31. The van der Waals surface area contributed by atoms with Crippen LogP contribution < -0.4 is 0 Å². The average Bonchev–Trinajstić information content (AvgIpc) is 3.13. The van der Waals surface area contributed by atoms with Gasteiger partial charge in [0.15, 0.2) is 5.82 Å². The van der Waals surface area contributed by atoms with Crippen LogP contribution >= 0.6 is 0 Å². The van der Waals surface area contributed by atoms with Crippen molar-refractivity contribution in [1.82, 2.24) is 14.4 Å². The van der Waals surface area contributed by atoms with E-state index < -0.39 is 15.8 Å². The Kier molecular flexibility index (Phi) is 5.70. The van der Waals surface area contributed by atoms with E-state index in [0.717, 1.165) is 11.6 Å². The van der Waals surface area contributed by atoms with Crippen molar-refractivity contribution in [3.63, 3.8) is 0 Å². The van der Waals surface area contributed by atoms with Gasteiger partial charge in [0, 0.05) is 19.5 Å².